The number of halogens is 4. The van der Waals surface area contributed by atoms with Crippen LogP contribution in [0.5, 0.6) is 0 Å². The summed E-state index contributed by atoms with van der Waals surface area (Å²) in [7, 11) is 3.94. The topological polar surface area (TPSA) is 139 Å². The highest BCUT2D eigenvalue weighted by Crippen LogP contribution is 2.30. The zero-order valence-corrected chi connectivity index (χ0v) is 21.0. The molecule has 2 amide bonds. The number of ether oxygens (including phenoxy) is 2. The van der Waals surface area contributed by atoms with Crippen molar-refractivity contribution in [1.29, 1.82) is 5.41 Å². The SMILES string of the molecule is COCCOC(=N)c1cc(N2CCC(N(C)C(=O)Nc3cc(C(F)(F)F)cn(C)c3=O)C(F)C2)cnc1N. The number of amides is 2. The highest BCUT2D eigenvalue weighted by atomic mass is 19.4. The van der Waals surface area contributed by atoms with Gasteiger partial charge in [0.05, 0.1) is 42.2 Å². The number of carbonyl (C=O) groups excluding carboxylic acids is 1. The van der Waals surface area contributed by atoms with Crippen LogP contribution < -0.4 is 21.5 Å². The van der Waals surface area contributed by atoms with Gasteiger partial charge in [-0.3, -0.25) is 10.2 Å². The minimum Gasteiger partial charge on any atom is -0.475 e. The molecule has 0 saturated carbocycles. The monoisotopic (exact) mass is 543 g/mol. The van der Waals surface area contributed by atoms with Gasteiger partial charge in [-0.1, -0.05) is 0 Å². The first-order chi connectivity index (χ1) is 17.8. The molecule has 2 unspecified atom stereocenters. The lowest BCUT2D eigenvalue weighted by Crippen LogP contribution is -2.54. The van der Waals surface area contributed by atoms with E-state index in [1.807, 2.05) is 0 Å². The van der Waals surface area contributed by atoms with Crippen LogP contribution in [0.15, 0.2) is 29.3 Å². The molecule has 3 heterocycles. The summed E-state index contributed by atoms with van der Waals surface area (Å²) >= 11 is 0. The molecule has 0 bridgehead atoms. The Morgan fingerprint density at radius 2 is 2.05 bits per heavy atom. The molecule has 0 spiro atoms. The van der Waals surface area contributed by atoms with Gasteiger partial charge in [0.2, 0.25) is 5.90 Å². The van der Waals surface area contributed by atoms with Gasteiger partial charge >= 0.3 is 12.2 Å². The summed E-state index contributed by atoms with van der Waals surface area (Å²) in [6, 6.07) is 0.286. The summed E-state index contributed by atoms with van der Waals surface area (Å²) < 4.78 is 65.5. The molecule has 0 aromatic carbocycles. The summed E-state index contributed by atoms with van der Waals surface area (Å²) in [6.45, 7) is 0.585. The van der Waals surface area contributed by atoms with E-state index in [0.29, 0.717) is 29.1 Å². The van der Waals surface area contributed by atoms with Crippen LogP contribution >= 0.6 is 0 Å². The smallest absolute Gasteiger partial charge is 0.417 e. The number of anilines is 3. The molecule has 11 nitrogen and oxygen atoms in total. The Morgan fingerprint density at radius 3 is 2.68 bits per heavy atom. The number of aryl methyl sites for hydroxylation is 1. The van der Waals surface area contributed by atoms with Crippen molar-refractivity contribution in [2.24, 2.45) is 7.05 Å². The number of pyridine rings is 2. The van der Waals surface area contributed by atoms with E-state index in [-0.39, 0.29) is 43.5 Å². The quantitative estimate of drug-likeness (QED) is 0.211. The number of methoxy groups -OCH3 is 1. The highest BCUT2D eigenvalue weighted by Gasteiger charge is 2.36. The van der Waals surface area contributed by atoms with Crippen LogP contribution in [-0.2, 0) is 22.7 Å². The number of piperidine rings is 1. The van der Waals surface area contributed by atoms with Gasteiger partial charge in [0.1, 0.15) is 24.3 Å². The summed E-state index contributed by atoms with van der Waals surface area (Å²) in [6.07, 6.45) is -4.03. The zero-order chi connectivity index (χ0) is 28.2. The zero-order valence-electron chi connectivity index (χ0n) is 21.0. The van der Waals surface area contributed by atoms with Crippen molar-refractivity contribution in [3.05, 3.63) is 46.0 Å². The third-order valence-corrected chi connectivity index (χ3v) is 6.12. The van der Waals surface area contributed by atoms with E-state index in [1.54, 1.807) is 11.0 Å². The van der Waals surface area contributed by atoms with Crippen LogP contribution in [-0.4, -0.2) is 79.1 Å². The van der Waals surface area contributed by atoms with Gasteiger partial charge < -0.3 is 34.9 Å². The molecule has 4 N–H and O–H groups in total. The molecule has 0 aliphatic carbocycles. The predicted octanol–water partition coefficient (Wildman–Crippen LogP) is 2.45. The van der Waals surface area contributed by atoms with Crippen LogP contribution in [0.4, 0.5) is 39.5 Å². The Morgan fingerprint density at radius 1 is 1.34 bits per heavy atom. The minimum atomic E-state index is -4.72. The molecule has 2 aromatic rings. The molecule has 208 valence electrons. The van der Waals surface area contributed by atoms with E-state index in [1.165, 1.54) is 20.4 Å². The Labute approximate surface area is 215 Å². The first kappa shape index (κ1) is 28.7. The number of nitrogens with one attached hydrogen (secondary N) is 2. The van der Waals surface area contributed by atoms with E-state index in [0.717, 1.165) is 11.9 Å². The standard InChI is InChI=1S/C23H29F4N7O4/c1-32-11-13(23(25,26)27)8-17(21(32)35)31-22(36)33(2)18-4-5-34(12-16(18)24)14-9-15(19(28)30-10-14)20(29)38-7-6-37-3/h8-11,16,18,29H,4-7,12H2,1-3H3,(H2,28,30)(H,31,36). The van der Waals surface area contributed by atoms with Crippen LogP contribution in [0.3, 0.4) is 0 Å². The molecule has 2 aromatic heterocycles. The van der Waals surface area contributed by atoms with Gasteiger partial charge in [-0.15, -0.1) is 0 Å². The second kappa shape index (κ2) is 11.7. The number of hydrogen-bond acceptors (Lipinski definition) is 8. The number of urea groups is 1. The van der Waals surface area contributed by atoms with Crippen molar-refractivity contribution in [3.63, 3.8) is 0 Å². The lowest BCUT2D eigenvalue weighted by Gasteiger charge is -2.40. The van der Waals surface area contributed by atoms with Crippen molar-refractivity contribution in [1.82, 2.24) is 14.5 Å². The number of hydrogen-bond donors (Lipinski definition) is 3. The van der Waals surface area contributed by atoms with Crippen LogP contribution in [0.1, 0.15) is 17.5 Å². The van der Waals surface area contributed by atoms with Gasteiger partial charge in [0.15, 0.2) is 0 Å². The van der Waals surface area contributed by atoms with E-state index in [4.69, 9.17) is 20.6 Å². The van der Waals surface area contributed by atoms with Crippen LogP contribution in [0, 0.1) is 5.41 Å². The fraction of sp³-hybridized carbons (Fsp3) is 0.478. The summed E-state index contributed by atoms with van der Waals surface area (Å²) in [4.78, 5) is 31.8. The highest BCUT2D eigenvalue weighted by molar-refractivity contribution is 5.97. The fourth-order valence-electron chi connectivity index (χ4n) is 4.00. The lowest BCUT2D eigenvalue weighted by atomic mass is 10.0. The maximum Gasteiger partial charge on any atom is 0.417 e. The van der Waals surface area contributed by atoms with E-state index in [2.05, 4.69) is 10.3 Å². The van der Waals surface area contributed by atoms with Crippen molar-refractivity contribution < 1.29 is 31.8 Å². The van der Waals surface area contributed by atoms with Crippen molar-refractivity contribution in [2.45, 2.75) is 24.8 Å². The molecule has 2 atom stereocenters. The molecule has 1 saturated heterocycles. The third-order valence-electron chi connectivity index (χ3n) is 6.12. The molecule has 15 heteroatoms. The number of rotatable bonds is 7. The molecule has 3 rings (SSSR count). The number of nitrogen functional groups attached to an aromatic ring is 1. The van der Waals surface area contributed by atoms with E-state index < -0.39 is 41.2 Å². The van der Waals surface area contributed by atoms with E-state index >= 15 is 4.39 Å². The Kier molecular flexibility index (Phi) is 8.81. The molecule has 38 heavy (non-hydrogen) atoms. The van der Waals surface area contributed by atoms with Crippen molar-refractivity contribution >= 4 is 29.1 Å². The Hall–Kier alpha value is -3.88. The lowest BCUT2D eigenvalue weighted by molar-refractivity contribution is -0.138. The molecule has 1 fully saturated rings. The predicted molar refractivity (Wildman–Crippen MR) is 132 cm³/mol. The third kappa shape index (κ3) is 6.51. The van der Waals surface area contributed by atoms with Crippen molar-refractivity contribution in [2.75, 3.05) is 56.4 Å². The molecular formula is C23H29F4N7O4. The van der Waals surface area contributed by atoms with Gasteiger partial charge in [-0.25, -0.2) is 14.2 Å². The molecule has 0 radical (unpaired) electrons. The molecular weight excluding hydrogens is 514 g/mol. The maximum atomic E-state index is 15.2. The molecule has 1 aliphatic rings. The number of aromatic nitrogens is 2. The summed E-state index contributed by atoms with van der Waals surface area (Å²) in [5.74, 6) is -0.141. The Balaban J connectivity index is 1.69. The fourth-order valence-corrected chi connectivity index (χ4v) is 4.00. The number of nitrogens with zero attached hydrogens (tertiary/aromatic N) is 4. The van der Waals surface area contributed by atoms with Gasteiger partial charge in [0, 0.05) is 33.9 Å². The maximum absolute atomic E-state index is 15.2. The van der Waals surface area contributed by atoms with Gasteiger partial charge in [-0.2, -0.15) is 13.2 Å². The second-order valence-electron chi connectivity index (χ2n) is 8.71. The van der Waals surface area contributed by atoms with Crippen LogP contribution in [0.25, 0.3) is 0 Å². The first-order valence-corrected chi connectivity index (χ1v) is 11.5. The summed E-state index contributed by atoms with van der Waals surface area (Å²) in [5, 5.41) is 10.2. The summed E-state index contributed by atoms with van der Waals surface area (Å²) in [5.41, 5.74) is 4.08. The van der Waals surface area contributed by atoms with Gasteiger partial charge in [0.25, 0.3) is 5.56 Å². The number of alkyl halides is 4. The molecule has 1 aliphatic heterocycles. The first-order valence-electron chi connectivity index (χ1n) is 11.5. The average molecular weight is 544 g/mol. The number of carbonyl (C=O) groups is 1. The minimum absolute atomic E-state index is 0.0694. The number of nitrogens with two attached hydrogens (primary N) is 1. The van der Waals surface area contributed by atoms with E-state index in [9.17, 15) is 22.8 Å². The van der Waals surface area contributed by atoms with Crippen LogP contribution in [0.2, 0.25) is 0 Å². The Bertz CT molecular complexity index is 1240. The average Bonchev–Trinajstić information content (AvgIpc) is 2.85. The largest absolute Gasteiger partial charge is 0.475 e. The van der Waals surface area contributed by atoms with Crippen molar-refractivity contribution in [3.8, 4) is 0 Å². The van der Waals surface area contributed by atoms with Gasteiger partial charge in [-0.05, 0) is 18.6 Å². The second-order valence-corrected chi connectivity index (χ2v) is 8.71. The normalized spacial score (nSPS) is 17.7.